The van der Waals surface area contributed by atoms with Gasteiger partial charge in [0.15, 0.2) is 0 Å². The van der Waals surface area contributed by atoms with Gasteiger partial charge >= 0.3 is 0 Å². The lowest BCUT2D eigenvalue weighted by atomic mass is 9.90. The Balaban J connectivity index is 2.09. The van der Waals surface area contributed by atoms with Crippen molar-refractivity contribution in [1.29, 1.82) is 0 Å². The number of hydrogen-bond acceptors (Lipinski definition) is 0. The second kappa shape index (κ2) is 5.89. The van der Waals surface area contributed by atoms with Crippen molar-refractivity contribution in [2.75, 3.05) is 0 Å². The lowest BCUT2D eigenvalue weighted by Crippen LogP contribution is -1.92. The average molecular weight is 275 g/mol. The van der Waals surface area contributed by atoms with Gasteiger partial charge in [0.2, 0.25) is 0 Å². The maximum absolute atomic E-state index is 2.40. The summed E-state index contributed by atoms with van der Waals surface area (Å²) in [5, 5.41) is 0. The van der Waals surface area contributed by atoms with E-state index < -0.39 is 0 Å². The minimum Gasteiger partial charge on any atom is -0.0654 e. The number of benzene rings is 2. The van der Waals surface area contributed by atoms with Crippen molar-refractivity contribution in [3.05, 3.63) is 70.6 Å². The molecule has 0 saturated carbocycles. The van der Waals surface area contributed by atoms with Crippen LogP contribution in [-0.2, 0) is 0 Å². The Kier molecular flexibility index (Phi) is 3.96. The Bertz CT molecular complexity index is 689. The van der Waals surface area contributed by atoms with E-state index in [0.29, 0.717) is 0 Å². The van der Waals surface area contributed by atoms with Gasteiger partial charge in [-0.2, -0.15) is 0 Å². The molecule has 0 atom stereocenters. The third kappa shape index (κ3) is 2.68. The number of fused-ring (bicyclic) bond motifs is 1. The van der Waals surface area contributed by atoms with E-state index in [0.717, 1.165) is 0 Å². The monoisotopic (exact) mass is 275 g/mol. The largest absolute Gasteiger partial charge is 0.0654 e. The van der Waals surface area contributed by atoms with Crippen LogP contribution in [0.3, 0.4) is 0 Å². The summed E-state index contributed by atoms with van der Waals surface area (Å²) in [7, 11) is 0. The first-order chi connectivity index (χ1) is 10.2. The Morgan fingerprint density at radius 3 is 2.48 bits per heavy atom. The molecule has 0 spiro atoms. The number of aryl methyl sites for hydroxylation is 2. The summed E-state index contributed by atoms with van der Waals surface area (Å²) in [5.74, 6) is 0. The molecular weight excluding hydrogens is 252 g/mol. The second-order valence-corrected chi connectivity index (χ2v) is 6.04. The van der Waals surface area contributed by atoms with Gasteiger partial charge in [0, 0.05) is 6.42 Å². The summed E-state index contributed by atoms with van der Waals surface area (Å²) in [6, 6.07) is 13.2. The zero-order valence-corrected chi connectivity index (χ0v) is 13.2. The van der Waals surface area contributed by atoms with Crippen LogP contribution in [0, 0.1) is 20.3 Å². The summed E-state index contributed by atoms with van der Waals surface area (Å²) >= 11 is 0. The number of hydrogen-bond donors (Lipinski definition) is 0. The molecule has 0 unspecified atom stereocenters. The Morgan fingerprint density at radius 2 is 1.71 bits per heavy atom. The highest BCUT2D eigenvalue weighted by Gasteiger charge is 2.19. The number of rotatable bonds is 4. The van der Waals surface area contributed by atoms with Crippen LogP contribution in [-0.4, -0.2) is 0 Å². The van der Waals surface area contributed by atoms with E-state index in [1.807, 2.05) is 0 Å². The molecule has 21 heavy (non-hydrogen) atoms. The standard InChI is InChI=1S/C21H23/c1-4-5-9-17-13-18-12-11-16(3)21(20(18)14-17)19-10-7-6-8-15(19)2/h6-8,10-14H,4-5,9H2,1-3H3. The molecule has 1 aliphatic carbocycles. The van der Waals surface area contributed by atoms with Gasteiger partial charge in [-0.25, -0.2) is 0 Å². The smallest absolute Gasteiger partial charge is 0.0164 e. The SMILES string of the molecule is CCCCC1=Cc2c(ccc(C)c2-c2ccccc2C)[CH]1. The summed E-state index contributed by atoms with van der Waals surface area (Å²) in [5.41, 5.74) is 9.77. The van der Waals surface area contributed by atoms with Crippen LogP contribution >= 0.6 is 0 Å². The predicted octanol–water partition coefficient (Wildman–Crippen LogP) is 6.11. The van der Waals surface area contributed by atoms with Gasteiger partial charge < -0.3 is 0 Å². The molecule has 0 N–H and O–H groups in total. The van der Waals surface area contributed by atoms with Crippen LogP contribution in [0.4, 0.5) is 0 Å². The second-order valence-electron chi connectivity index (χ2n) is 6.04. The molecule has 0 fully saturated rings. The van der Waals surface area contributed by atoms with Crippen molar-refractivity contribution in [3.8, 4) is 11.1 Å². The molecule has 3 rings (SSSR count). The Labute approximate surface area is 128 Å². The molecule has 0 heterocycles. The fourth-order valence-corrected chi connectivity index (χ4v) is 3.19. The lowest BCUT2D eigenvalue weighted by molar-refractivity contribution is 0.797. The van der Waals surface area contributed by atoms with Gasteiger partial charge in [-0.05, 0) is 60.1 Å². The molecule has 0 heteroatoms. The number of unbranched alkanes of at least 4 members (excludes halogenated alkanes) is 1. The highest BCUT2D eigenvalue weighted by Crippen LogP contribution is 2.39. The van der Waals surface area contributed by atoms with Gasteiger partial charge in [0.25, 0.3) is 0 Å². The van der Waals surface area contributed by atoms with Crippen LogP contribution in [0.1, 0.15) is 48.4 Å². The first kappa shape index (κ1) is 14.1. The van der Waals surface area contributed by atoms with Gasteiger partial charge in [-0.15, -0.1) is 0 Å². The Hall–Kier alpha value is -1.82. The third-order valence-corrected chi connectivity index (χ3v) is 4.39. The van der Waals surface area contributed by atoms with E-state index in [1.165, 1.54) is 58.2 Å². The molecule has 0 saturated heterocycles. The minimum atomic E-state index is 1.19. The topological polar surface area (TPSA) is 0 Å². The normalized spacial score (nSPS) is 13.2. The van der Waals surface area contributed by atoms with Crippen LogP contribution < -0.4 is 0 Å². The summed E-state index contributed by atoms with van der Waals surface area (Å²) in [6.07, 6.45) is 8.49. The Morgan fingerprint density at radius 1 is 0.905 bits per heavy atom. The first-order valence-corrected chi connectivity index (χ1v) is 7.95. The number of allylic oxidation sites excluding steroid dienone is 1. The van der Waals surface area contributed by atoms with E-state index in [9.17, 15) is 0 Å². The zero-order chi connectivity index (χ0) is 14.8. The molecule has 1 aliphatic rings. The van der Waals surface area contributed by atoms with E-state index in [2.05, 4.69) is 69.7 Å². The van der Waals surface area contributed by atoms with Crippen molar-refractivity contribution in [3.63, 3.8) is 0 Å². The van der Waals surface area contributed by atoms with Gasteiger partial charge in [-0.1, -0.05) is 61.4 Å². The van der Waals surface area contributed by atoms with E-state index in [4.69, 9.17) is 0 Å². The molecule has 2 aromatic rings. The zero-order valence-electron chi connectivity index (χ0n) is 13.2. The first-order valence-electron chi connectivity index (χ1n) is 7.95. The van der Waals surface area contributed by atoms with E-state index >= 15 is 0 Å². The summed E-state index contributed by atoms with van der Waals surface area (Å²) in [4.78, 5) is 0. The van der Waals surface area contributed by atoms with Gasteiger partial charge in [0.05, 0.1) is 0 Å². The molecule has 2 aromatic carbocycles. The molecule has 1 radical (unpaired) electrons. The van der Waals surface area contributed by atoms with Crippen molar-refractivity contribution in [1.82, 2.24) is 0 Å². The molecule has 0 aromatic heterocycles. The van der Waals surface area contributed by atoms with E-state index in [-0.39, 0.29) is 0 Å². The molecule has 0 amide bonds. The quantitative estimate of drug-likeness (QED) is 0.631. The van der Waals surface area contributed by atoms with Crippen molar-refractivity contribution in [2.45, 2.75) is 40.0 Å². The maximum atomic E-state index is 2.40. The lowest BCUT2D eigenvalue weighted by Gasteiger charge is -2.14. The van der Waals surface area contributed by atoms with Crippen molar-refractivity contribution >= 4 is 6.08 Å². The summed E-state index contributed by atoms with van der Waals surface area (Å²) in [6.45, 7) is 6.68. The fourth-order valence-electron chi connectivity index (χ4n) is 3.19. The molecular formula is C21H23. The van der Waals surface area contributed by atoms with E-state index in [1.54, 1.807) is 0 Å². The highest BCUT2D eigenvalue weighted by molar-refractivity contribution is 5.86. The minimum absolute atomic E-state index is 1.19. The fraction of sp³-hybridized carbons (Fsp3) is 0.286. The van der Waals surface area contributed by atoms with Crippen LogP contribution in [0.2, 0.25) is 0 Å². The molecule has 0 bridgehead atoms. The van der Waals surface area contributed by atoms with Gasteiger partial charge in [-0.3, -0.25) is 0 Å². The van der Waals surface area contributed by atoms with Crippen molar-refractivity contribution in [2.24, 2.45) is 0 Å². The van der Waals surface area contributed by atoms with Crippen LogP contribution in [0.25, 0.3) is 17.2 Å². The maximum Gasteiger partial charge on any atom is 0.0164 e. The van der Waals surface area contributed by atoms with Crippen LogP contribution in [0.15, 0.2) is 42.0 Å². The van der Waals surface area contributed by atoms with Crippen LogP contribution in [0.5, 0.6) is 0 Å². The molecule has 107 valence electrons. The third-order valence-electron chi connectivity index (χ3n) is 4.39. The molecule has 0 nitrogen and oxygen atoms in total. The van der Waals surface area contributed by atoms with Crippen molar-refractivity contribution < 1.29 is 0 Å². The van der Waals surface area contributed by atoms with Gasteiger partial charge in [0.1, 0.15) is 0 Å². The highest BCUT2D eigenvalue weighted by atomic mass is 14.2. The molecule has 0 aliphatic heterocycles. The predicted molar refractivity (Wildman–Crippen MR) is 92.3 cm³/mol. The summed E-state index contributed by atoms with van der Waals surface area (Å²) < 4.78 is 0. The average Bonchev–Trinajstić information content (AvgIpc) is 2.89.